The summed E-state index contributed by atoms with van der Waals surface area (Å²) in [4.78, 5) is 38.3. The smallest absolute Gasteiger partial charge is 0.278 e. The molecule has 0 saturated heterocycles. The molecule has 1 N–H and O–H groups in total. The molecule has 0 unspecified atom stereocenters. The zero-order chi connectivity index (χ0) is 22.8. The van der Waals surface area contributed by atoms with Crippen LogP contribution in [0.2, 0.25) is 5.02 Å². The number of amides is 2. The van der Waals surface area contributed by atoms with Gasteiger partial charge in [-0.1, -0.05) is 48.0 Å². The Morgan fingerprint density at radius 2 is 1.66 bits per heavy atom. The van der Waals surface area contributed by atoms with Crippen LogP contribution < -0.4 is 5.32 Å². The Kier molecular flexibility index (Phi) is 5.75. The van der Waals surface area contributed by atoms with Gasteiger partial charge in [0.25, 0.3) is 17.5 Å². The highest BCUT2D eigenvalue weighted by atomic mass is 35.5. The number of nitrogens with zero attached hydrogens (tertiary/aromatic N) is 2. The molecule has 1 aliphatic rings. The SMILES string of the molecule is Cc1ccc(Cl)cc1NC1=C(c2ccc([N+](=O)[O-])cc2)C(=O)N(Cc2ccccc2)C1=O. The second kappa shape index (κ2) is 8.64. The van der Waals surface area contributed by atoms with E-state index in [0.717, 1.165) is 16.0 Å². The molecule has 160 valence electrons. The fraction of sp³-hybridized carbons (Fsp3) is 0.0833. The number of nitro benzene ring substituents is 1. The van der Waals surface area contributed by atoms with Gasteiger partial charge in [-0.3, -0.25) is 24.6 Å². The standard InChI is InChI=1S/C24H18ClN3O4/c1-15-7-10-18(25)13-20(15)26-22-21(17-8-11-19(12-9-17)28(31)32)23(29)27(24(22)30)14-16-5-3-2-4-6-16/h2-13,26H,14H2,1H3. The van der Waals surface area contributed by atoms with E-state index in [1.54, 1.807) is 18.2 Å². The quantitative estimate of drug-likeness (QED) is 0.328. The Bertz CT molecular complexity index is 1250. The summed E-state index contributed by atoms with van der Waals surface area (Å²) in [6.07, 6.45) is 0. The van der Waals surface area contributed by atoms with Crippen LogP contribution in [-0.4, -0.2) is 21.6 Å². The summed E-state index contributed by atoms with van der Waals surface area (Å²) >= 11 is 6.12. The zero-order valence-corrected chi connectivity index (χ0v) is 17.8. The number of imide groups is 1. The van der Waals surface area contributed by atoms with Gasteiger partial charge in [0.15, 0.2) is 0 Å². The summed E-state index contributed by atoms with van der Waals surface area (Å²) in [5, 5.41) is 14.6. The van der Waals surface area contributed by atoms with Crippen molar-refractivity contribution in [3.05, 3.63) is 110 Å². The van der Waals surface area contributed by atoms with Crippen molar-refractivity contribution >= 4 is 40.4 Å². The van der Waals surface area contributed by atoms with Crippen LogP contribution in [0.5, 0.6) is 0 Å². The van der Waals surface area contributed by atoms with Crippen molar-refractivity contribution in [1.29, 1.82) is 0 Å². The molecular formula is C24H18ClN3O4. The van der Waals surface area contributed by atoms with E-state index in [0.29, 0.717) is 16.3 Å². The predicted octanol–water partition coefficient (Wildman–Crippen LogP) is 4.95. The number of aryl methyl sites for hydroxylation is 1. The van der Waals surface area contributed by atoms with Crippen molar-refractivity contribution in [2.75, 3.05) is 5.32 Å². The van der Waals surface area contributed by atoms with Crippen molar-refractivity contribution in [3.8, 4) is 0 Å². The van der Waals surface area contributed by atoms with Gasteiger partial charge in [0.05, 0.1) is 17.0 Å². The Hall–Kier alpha value is -3.97. The van der Waals surface area contributed by atoms with E-state index in [2.05, 4.69) is 5.32 Å². The average Bonchev–Trinajstić information content (AvgIpc) is 3.01. The molecule has 8 heteroatoms. The lowest BCUT2D eigenvalue weighted by Gasteiger charge is -2.16. The van der Waals surface area contributed by atoms with Gasteiger partial charge in [0.2, 0.25) is 0 Å². The number of benzene rings is 3. The molecule has 4 rings (SSSR count). The summed E-state index contributed by atoms with van der Waals surface area (Å²) < 4.78 is 0. The predicted molar refractivity (Wildman–Crippen MR) is 122 cm³/mol. The molecule has 0 spiro atoms. The largest absolute Gasteiger partial charge is 0.350 e. The lowest BCUT2D eigenvalue weighted by atomic mass is 10.0. The first-order valence-corrected chi connectivity index (χ1v) is 10.2. The second-order valence-corrected chi connectivity index (χ2v) is 7.76. The third-order valence-corrected chi connectivity index (χ3v) is 5.41. The lowest BCUT2D eigenvalue weighted by molar-refractivity contribution is -0.384. The van der Waals surface area contributed by atoms with E-state index in [1.165, 1.54) is 24.3 Å². The number of carbonyl (C=O) groups excluding carboxylic acids is 2. The van der Waals surface area contributed by atoms with Crippen molar-refractivity contribution in [3.63, 3.8) is 0 Å². The number of halogens is 1. The number of hydrogen-bond donors (Lipinski definition) is 1. The number of hydrogen-bond acceptors (Lipinski definition) is 5. The fourth-order valence-corrected chi connectivity index (χ4v) is 3.65. The molecular weight excluding hydrogens is 430 g/mol. The van der Waals surface area contributed by atoms with E-state index in [4.69, 9.17) is 11.6 Å². The maximum absolute atomic E-state index is 13.3. The van der Waals surface area contributed by atoms with Gasteiger partial charge in [0.1, 0.15) is 5.70 Å². The van der Waals surface area contributed by atoms with Crippen LogP contribution >= 0.6 is 11.6 Å². The number of non-ortho nitro benzene ring substituents is 1. The third-order valence-electron chi connectivity index (χ3n) is 5.18. The minimum atomic E-state index is -0.518. The molecule has 0 aliphatic carbocycles. The first-order chi connectivity index (χ1) is 15.3. The highest BCUT2D eigenvalue weighted by Crippen LogP contribution is 2.33. The second-order valence-electron chi connectivity index (χ2n) is 7.32. The molecule has 0 fully saturated rings. The van der Waals surface area contributed by atoms with E-state index >= 15 is 0 Å². The summed E-state index contributed by atoms with van der Waals surface area (Å²) in [6, 6.07) is 20.0. The first-order valence-electron chi connectivity index (χ1n) is 9.77. The number of anilines is 1. The van der Waals surface area contributed by atoms with Crippen LogP contribution in [0.1, 0.15) is 16.7 Å². The van der Waals surface area contributed by atoms with Crippen LogP contribution in [0.4, 0.5) is 11.4 Å². The fourth-order valence-electron chi connectivity index (χ4n) is 3.48. The van der Waals surface area contributed by atoms with Crippen molar-refractivity contribution < 1.29 is 14.5 Å². The zero-order valence-electron chi connectivity index (χ0n) is 17.0. The van der Waals surface area contributed by atoms with Gasteiger partial charge in [-0.25, -0.2) is 0 Å². The normalized spacial score (nSPS) is 13.6. The maximum atomic E-state index is 13.3. The van der Waals surface area contributed by atoms with E-state index in [1.807, 2.05) is 37.3 Å². The molecule has 7 nitrogen and oxygen atoms in total. The maximum Gasteiger partial charge on any atom is 0.278 e. The Labute approximate surface area is 189 Å². The summed E-state index contributed by atoms with van der Waals surface area (Å²) in [7, 11) is 0. The first kappa shape index (κ1) is 21.3. The molecule has 1 aliphatic heterocycles. The minimum absolute atomic E-state index is 0.102. The van der Waals surface area contributed by atoms with Gasteiger partial charge in [0, 0.05) is 22.8 Å². The van der Waals surface area contributed by atoms with E-state index < -0.39 is 16.7 Å². The molecule has 0 atom stereocenters. The van der Waals surface area contributed by atoms with Crippen LogP contribution in [0.3, 0.4) is 0 Å². The monoisotopic (exact) mass is 447 g/mol. The molecule has 1 heterocycles. The van der Waals surface area contributed by atoms with E-state index in [-0.39, 0.29) is 23.5 Å². The van der Waals surface area contributed by atoms with Gasteiger partial charge < -0.3 is 5.32 Å². The number of nitrogens with one attached hydrogen (secondary N) is 1. The molecule has 3 aromatic rings. The van der Waals surface area contributed by atoms with Crippen molar-refractivity contribution in [1.82, 2.24) is 4.90 Å². The molecule has 0 saturated carbocycles. The topological polar surface area (TPSA) is 92.6 Å². The van der Waals surface area contributed by atoms with Crippen LogP contribution in [-0.2, 0) is 16.1 Å². The van der Waals surface area contributed by atoms with E-state index in [9.17, 15) is 19.7 Å². The van der Waals surface area contributed by atoms with Gasteiger partial charge in [-0.15, -0.1) is 0 Å². The summed E-state index contributed by atoms with van der Waals surface area (Å²) in [5.41, 5.74) is 2.79. The molecule has 2 amide bonds. The lowest BCUT2D eigenvalue weighted by Crippen LogP contribution is -2.32. The summed E-state index contributed by atoms with van der Waals surface area (Å²) in [6.45, 7) is 1.96. The number of nitro groups is 1. The number of rotatable bonds is 6. The molecule has 3 aromatic carbocycles. The van der Waals surface area contributed by atoms with Crippen LogP contribution in [0.25, 0.3) is 5.57 Å². The van der Waals surface area contributed by atoms with Gasteiger partial charge in [-0.05, 0) is 47.9 Å². The highest BCUT2D eigenvalue weighted by molar-refractivity contribution is 6.36. The van der Waals surface area contributed by atoms with Crippen LogP contribution in [0.15, 0.2) is 78.5 Å². The third kappa shape index (κ3) is 4.10. The average molecular weight is 448 g/mol. The molecule has 0 bridgehead atoms. The van der Waals surface area contributed by atoms with Gasteiger partial charge >= 0.3 is 0 Å². The van der Waals surface area contributed by atoms with Crippen LogP contribution in [0, 0.1) is 17.0 Å². The van der Waals surface area contributed by atoms with Crippen molar-refractivity contribution in [2.45, 2.75) is 13.5 Å². The molecule has 0 aromatic heterocycles. The van der Waals surface area contributed by atoms with Gasteiger partial charge in [-0.2, -0.15) is 0 Å². The Balaban J connectivity index is 1.78. The van der Waals surface area contributed by atoms with Crippen molar-refractivity contribution in [2.24, 2.45) is 0 Å². The molecule has 32 heavy (non-hydrogen) atoms. The Morgan fingerprint density at radius 1 is 0.969 bits per heavy atom. The Morgan fingerprint density at radius 3 is 2.31 bits per heavy atom. The highest BCUT2D eigenvalue weighted by Gasteiger charge is 2.39. The summed E-state index contributed by atoms with van der Waals surface area (Å²) in [5.74, 6) is -0.957. The number of carbonyl (C=O) groups is 2. The molecule has 0 radical (unpaired) electrons. The minimum Gasteiger partial charge on any atom is -0.350 e.